The van der Waals surface area contributed by atoms with Crippen molar-refractivity contribution in [3.05, 3.63) is 34.9 Å². The summed E-state index contributed by atoms with van der Waals surface area (Å²) in [6, 6.07) is 8.25. The molecule has 1 heterocycles. The Kier molecular flexibility index (Phi) is 7.52. The lowest BCUT2D eigenvalue weighted by atomic mass is 9.81. The van der Waals surface area contributed by atoms with Crippen LogP contribution in [0, 0.1) is 0 Å². The van der Waals surface area contributed by atoms with Gasteiger partial charge in [0.15, 0.2) is 0 Å². The van der Waals surface area contributed by atoms with Crippen LogP contribution in [-0.2, 0) is 15.1 Å². The smallest absolute Gasteiger partial charge is 0.293 e. The third kappa shape index (κ3) is 6.50. The number of piperidine rings is 1. The minimum Gasteiger partial charge on any atom is -0.462 e. The first-order valence-corrected chi connectivity index (χ1v) is 8.35. The lowest BCUT2D eigenvalue weighted by Crippen LogP contribution is -2.48. The Bertz CT molecular complexity index is 475. The number of hydrogen-bond donors (Lipinski definition) is 1. The fraction of sp³-hybridized carbons (Fsp3) is 0.611. The second-order valence-electron chi connectivity index (χ2n) is 6.97. The molecule has 0 atom stereocenters. The Hall–Kier alpha value is -1.10. The zero-order chi connectivity index (χ0) is 17.5. The van der Waals surface area contributed by atoms with Crippen LogP contribution in [0.4, 0.5) is 0 Å². The van der Waals surface area contributed by atoms with E-state index in [0.29, 0.717) is 6.47 Å². The summed E-state index contributed by atoms with van der Waals surface area (Å²) < 4.78 is 4.55. The maximum Gasteiger partial charge on any atom is 0.293 e. The Morgan fingerprint density at radius 1 is 1.22 bits per heavy atom. The zero-order valence-corrected chi connectivity index (χ0v) is 15.6. The summed E-state index contributed by atoms with van der Waals surface area (Å²) in [6.45, 7) is 8.21. The van der Waals surface area contributed by atoms with Crippen molar-refractivity contribution >= 4 is 18.1 Å². The van der Waals surface area contributed by atoms with Crippen molar-refractivity contribution in [1.29, 1.82) is 0 Å². The highest BCUT2D eigenvalue weighted by Crippen LogP contribution is 2.32. The van der Waals surface area contributed by atoms with Gasteiger partial charge in [-0.05, 0) is 78.5 Å². The monoisotopic (exact) mass is 340 g/mol. The lowest BCUT2D eigenvalue weighted by molar-refractivity contribution is -0.138. The summed E-state index contributed by atoms with van der Waals surface area (Å²) in [6.07, 6.45) is 2.31. The van der Waals surface area contributed by atoms with Crippen molar-refractivity contribution < 1.29 is 9.53 Å². The molecule has 1 N–H and O–H groups in total. The highest BCUT2D eigenvalue weighted by molar-refractivity contribution is 6.30. The van der Waals surface area contributed by atoms with Gasteiger partial charge in [-0.15, -0.1) is 0 Å². The molecule has 0 radical (unpaired) electrons. The van der Waals surface area contributed by atoms with Gasteiger partial charge in [0.1, 0.15) is 5.60 Å². The van der Waals surface area contributed by atoms with Gasteiger partial charge in [0, 0.05) is 10.6 Å². The van der Waals surface area contributed by atoms with Gasteiger partial charge in [-0.25, -0.2) is 0 Å². The molecule has 1 aromatic rings. The Balaban J connectivity index is 0.000000322. The number of ether oxygens (including phenoxy) is 1. The second kappa shape index (κ2) is 8.67. The van der Waals surface area contributed by atoms with Gasteiger partial charge >= 0.3 is 0 Å². The molecule has 1 aliphatic heterocycles. The van der Waals surface area contributed by atoms with E-state index in [-0.39, 0.29) is 11.1 Å². The normalized spacial score (nSPS) is 17.8. The largest absolute Gasteiger partial charge is 0.462 e. The number of benzene rings is 1. The zero-order valence-electron chi connectivity index (χ0n) is 14.9. The number of hydrogen-bond acceptors (Lipinski definition) is 4. The molecule has 1 aromatic carbocycles. The van der Waals surface area contributed by atoms with Crippen LogP contribution in [-0.4, -0.2) is 44.2 Å². The fourth-order valence-electron chi connectivity index (χ4n) is 2.60. The van der Waals surface area contributed by atoms with E-state index in [1.165, 1.54) is 5.56 Å². The molecule has 0 aromatic heterocycles. The molecule has 5 heteroatoms. The summed E-state index contributed by atoms with van der Waals surface area (Å²) in [5, 5.41) is 4.31. The molecular weight excluding hydrogens is 312 g/mol. The van der Waals surface area contributed by atoms with Gasteiger partial charge in [0.25, 0.3) is 6.47 Å². The van der Waals surface area contributed by atoms with E-state index in [1.54, 1.807) is 0 Å². The summed E-state index contributed by atoms with van der Waals surface area (Å²) in [7, 11) is 4.24. The SMILES string of the molecule is CC(C)(C)OC=O.CNC1(c2ccc(Cl)cc2)CCN(C)CC1. The van der Waals surface area contributed by atoms with Crippen molar-refractivity contribution in [2.45, 2.75) is 44.8 Å². The number of rotatable bonds is 3. The summed E-state index contributed by atoms with van der Waals surface area (Å²) in [5.41, 5.74) is 1.17. The molecule has 0 spiro atoms. The van der Waals surface area contributed by atoms with Gasteiger partial charge in [0.05, 0.1) is 0 Å². The van der Waals surface area contributed by atoms with E-state index in [4.69, 9.17) is 11.6 Å². The first kappa shape index (κ1) is 19.9. The average Bonchev–Trinajstić information content (AvgIpc) is 2.49. The van der Waals surface area contributed by atoms with E-state index in [9.17, 15) is 4.79 Å². The van der Waals surface area contributed by atoms with Gasteiger partial charge in [-0.3, -0.25) is 4.79 Å². The Labute approximate surface area is 145 Å². The van der Waals surface area contributed by atoms with Crippen LogP contribution >= 0.6 is 11.6 Å². The molecule has 4 nitrogen and oxygen atoms in total. The second-order valence-corrected chi connectivity index (χ2v) is 7.41. The minimum absolute atomic E-state index is 0.136. The van der Waals surface area contributed by atoms with E-state index < -0.39 is 0 Å². The van der Waals surface area contributed by atoms with Crippen LogP contribution in [0.5, 0.6) is 0 Å². The molecule has 130 valence electrons. The van der Waals surface area contributed by atoms with E-state index in [1.807, 2.05) is 32.9 Å². The van der Waals surface area contributed by atoms with Gasteiger partial charge in [-0.2, -0.15) is 0 Å². The Morgan fingerprint density at radius 2 is 1.74 bits per heavy atom. The van der Waals surface area contributed by atoms with Gasteiger partial charge < -0.3 is 15.0 Å². The van der Waals surface area contributed by atoms with Crippen LogP contribution in [0.25, 0.3) is 0 Å². The summed E-state index contributed by atoms with van der Waals surface area (Å²) in [4.78, 5) is 12.0. The van der Waals surface area contributed by atoms with Crippen molar-refractivity contribution in [1.82, 2.24) is 10.2 Å². The average molecular weight is 341 g/mol. The number of nitrogens with zero attached hydrogens (tertiary/aromatic N) is 1. The van der Waals surface area contributed by atoms with Gasteiger partial charge in [-0.1, -0.05) is 23.7 Å². The molecule has 0 aliphatic carbocycles. The molecule has 0 saturated carbocycles. The first-order valence-electron chi connectivity index (χ1n) is 7.97. The van der Waals surface area contributed by atoms with Crippen molar-refractivity contribution in [2.24, 2.45) is 0 Å². The highest BCUT2D eigenvalue weighted by atomic mass is 35.5. The number of carbonyl (C=O) groups is 1. The fourth-order valence-corrected chi connectivity index (χ4v) is 2.72. The molecule has 1 saturated heterocycles. The molecule has 1 fully saturated rings. The Morgan fingerprint density at radius 3 is 2.09 bits per heavy atom. The van der Waals surface area contributed by atoms with Crippen molar-refractivity contribution in [3.63, 3.8) is 0 Å². The quantitative estimate of drug-likeness (QED) is 0.856. The standard InChI is InChI=1S/C13H19ClN2.C5H10O2/c1-15-13(7-9-16(2)10-8-13)11-3-5-12(14)6-4-11;1-5(2,3)7-4-6/h3-6,15H,7-10H2,1-2H3;4H,1-3H3. The maximum atomic E-state index is 9.60. The first-order chi connectivity index (χ1) is 10.7. The number of likely N-dealkylation sites (tertiary alicyclic amines) is 1. The molecule has 2 rings (SSSR count). The molecule has 0 bridgehead atoms. The number of carbonyl (C=O) groups excluding carboxylic acids is 1. The topological polar surface area (TPSA) is 41.6 Å². The van der Waals surface area contributed by atoms with Crippen LogP contribution < -0.4 is 5.32 Å². The third-order valence-electron chi connectivity index (χ3n) is 4.12. The maximum absolute atomic E-state index is 9.60. The molecule has 23 heavy (non-hydrogen) atoms. The summed E-state index contributed by atoms with van der Waals surface area (Å²) in [5.74, 6) is 0. The van der Waals surface area contributed by atoms with E-state index in [2.05, 4.69) is 41.2 Å². The predicted octanol–water partition coefficient (Wildman–Crippen LogP) is 3.44. The van der Waals surface area contributed by atoms with Crippen LogP contribution in [0.15, 0.2) is 24.3 Å². The third-order valence-corrected chi connectivity index (χ3v) is 4.37. The van der Waals surface area contributed by atoms with Crippen LogP contribution in [0.1, 0.15) is 39.2 Å². The van der Waals surface area contributed by atoms with Crippen molar-refractivity contribution in [2.75, 3.05) is 27.2 Å². The summed E-state index contributed by atoms with van der Waals surface area (Å²) >= 11 is 5.93. The van der Waals surface area contributed by atoms with Crippen LogP contribution in [0.3, 0.4) is 0 Å². The van der Waals surface area contributed by atoms with Gasteiger partial charge in [0.2, 0.25) is 0 Å². The van der Waals surface area contributed by atoms with Crippen molar-refractivity contribution in [3.8, 4) is 0 Å². The molecule has 1 aliphatic rings. The van der Waals surface area contributed by atoms with E-state index >= 15 is 0 Å². The van der Waals surface area contributed by atoms with E-state index in [0.717, 1.165) is 31.0 Å². The van der Waals surface area contributed by atoms with Crippen LogP contribution in [0.2, 0.25) is 5.02 Å². The number of nitrogens with one attached hydrogen (secondary N) is 1. The lowest BCUT2D eigenvalue weighted by Gasteiger charge is -2.41. The minimum atomic E-state index is -0.318. The molecular formula is C18H29ClN2O2. The predicted molar refractivity (Wildman–Crippen MR) is 95.8 cm³/mol. The highest BCUT2D eigenvalue weighted by Gasteiger charge is 2.33. The molecule has 0 unspecified atom stereocenters. The number of halogens is 1. The molecule has 0 amide bonds.